The van der Waals surface area contributed by atoms with E-state index in [2.05, 4.69) is 10.1 Å². The highest BCUT2D eigenvalue weighted by Gasteiger charge is 2.17. The van der Waals surface area contributed by atoms with Crippen LogP contribution in [0.2, 0.25) is 5.02 Å². The van der Waals surface area contributed by atoms with E-state index in [1.54, 1.807) is 4.52 Å². The van der Waals surface area contributed by atoms with Gasteiger partial charge in [-0.15, -0.1) is 0 Å². The van der Waals surface area contributed by atoms with Gasteiger partial charge in [-0.05, 0) is 24.6 Å². The number of fused-ring (bicyclic) bond motifs is 1. The molecule has 0 spiro atoms. The topological polar surface area (TPSA) is 47.3 Å². The molecule has 0 unspecified atom stereocenters. The maximum absolute atomic E-state index is 11.6. The molecule has 0 aliphatic carbocycles. The lowest BCUT2D eigenvalue weighted by atomic mass is 10.1. The van der Waals surface area contributed by atoms with Crippen molar-refractivity contribution in [2.45, 2.75) is 13.3 Å². The van der Waals surface area contributed by atoms with Crippen LogP contribution in [0.25, 0.3) is 16.2 Å². The van der Waals surface area contributed by atoms with E-state index in [9.17, 15) is 4.79 Å². The Morgan fingerprint density at radius 1 is 1.12 bits per heavy atom. The molecule has 6 heteroatoms. The summed E-state index contributed by atoms with van der Waals surface area (Å²) in [5, 5.41) is 6.19. The number of carbonyl (C=O) groups is 1. The van der Waals surface area contributed by atoms with E-state index in [4.69, 9.17) is 11.6 Å². The molecule has 2 heterocycles. The average Bonchev–Trinajstić information content (AvgIpc) is 3.14. The quantitative estimate of drug-likeness (QED) is 0.486. The number of hydrogen-bond acceptors (Lipinski definition) is 4. The fourth-order valence-electron chi connectivity index (χ4n) is 2.68. The molecule has 4 nitrogen and oxygen atoms in total. The van der Waals surface area contributed by atoms with Crippen LogP contribution in [0.3, 0.4) is 0 Å². The van der Waals surface area contributed by atoms with Crippen LogP contribution in [0.4, 0.5) is 0 Å². The molecule has 25 heavy (non-hydrogen) atoms. The minimum absolute atomic E-state index is 0.484. The van der Waals surface area contributed by atoms with Crippen molar-refractivity contribution in [1.82, 2.24) is 14.6 Å². The van der Waals surface area contributed by atoms with Crippen LogP contribution in [0.5, 0.6) is 0 Å². The van der Waals surface area contributed by atoms with Gasteiger partial charge < -0.3 is 0 Å². The summed E-state index contributed by atoms with van der Waals surface area (Å²) in [5.41, 5.74) is 4.36. The van der Waals surface area contributed by atoms with Gasteiger partial charge in [-0.2, -0.15) is 9.61 Å². The highest BCUT2D eigenvalue weighted by molar-refractivity contribution is 7.16. The molecule has 2 aromatic heterocycles. The third-order valence-corrected chi connectivity index (χ3v) is 5.15. The van der Waals surface area contributed by atoms with Crippen molar-refractivity contribution in [1.29, 1.82) is 0 Å². The Bertz CT molecular complexity index is 1050. The van der Waals surface area contributed by atoms with Crippen molar-refractivity contribution in [3.63, 3.8) is 0 Å². The molecule has 0 N–H and O–H groups in total. The molecule has 2 aromatic carbocycles. The first-order valence-electron chi connectivity index (χ1n) is 7.79. The van der Waals surface area contributed by atoms with Gasteiger partial charge in [0.15, 0.2) is 6.29 Å². The van der Waals surface area contributed by atoms with Gasteiger partial charge in [-0.25, -0.2) is 4.98 Å². The molecule has 0 aliphatic rings. The van der Waals surface area contributed by atoms with Gasteiger partial charge in [0, 0.05) is 17.0 Å². The summed E-state index contributed by atoms with van der Waals surface area (Å²) in [5.74, 6) is 0. The predicted molar refractivity (Wildman–Crippen MR) is 101 cm³/mol. The zero-order valence-electron chi connectivity index (χ0n) is 13.4. The third kappa shape index (κ3) is 3.08. The van der Waals surface area contributed by atoms with Gasteiger partial charge in [0.25, 0.3) is 0 Å². The highest BCUT2D eigenvalue weighted by Crippen LogP contribution is 2.27. The summed E-state index contributed by atoms with van der Waals surface area (Å²) < 4.78 is 1.64. The van der Waals surface area contributed by atoms with Crippen molar-refractivity contribution < 1.29 is 4.79 Å². The number of imidazole rings is 1. The Hall–Kier alpha value is -2.50. The molecule has 0 fully saturated rings. The monoisotopic (exact) mass is 367 g/mol. The summed E-state index contributed by atoms with van der Waals surface area (Å²) >= 11 is 7.41. The van der Waals surface area contributed by atoms with E-state index < -0.39 is 0 Å². The first-order valence-corrected chi connectivity index (χ1v) is 8.98. The maximum atomic E-state index is 11.6. The maximum Gasteiger partial charge on any atom is 0.213 e. The smallest absolute Gasteiger partial charge is 0.213 e. The molecule has 0 aliphatic heterocycles. The zero-order chi connectivity index (χ0) is 17.4. The molecule has 4 rings (SSSR count). The molecule has 0 radical (unpaired) electrons. The molecular formula is C19H14ClN3OS. The minimum Gasteiger partial charge on any atom is -0.296 e. The number of rotatable bonds is 4. The first kappa shape index (κ1) is 16.0. The van der Waals surface area contributed by atoms with Crippen LogP contribution in [0, 0.1) is 6.92 Å². The van der Waals surface area contributed by atoms with Crippen LogP contribution < -0.4 is 0 Å². The van der Waals surface area contributed by atoms with Crippen LogP contribution in [-0.4, -0.2) is 20.9 Å². The van der Waals surface area contributed by atoms with Gasteiger partial charge in [0.1, 0.15) is 16.4 Å². The number of hydrogen-bond donors (Lipinski definition) is 0. The number of aryl methyl sites for hydroxylation is 1. The van der Waals surface area contributed by atoms with Gasteiger partial charge in [0.05, 0.1) is 0 Å². The molecule has 0 saturated heterocycles. The highest BCUT2D eigenvalue weighted by atomic mass is 35.5. The SMILES string of the molecule is Cc1ccc(-c2nc3sc(Cc4ccc(Cl)cc4)nn3c2C=O)cc1. The standard InChI is InChI=1S/C19H14ClN3OS/c1-12-2-6-14(7-3-12)18-16(11-24)23-19(21-18)25-17(22-23)10-13-4-8-15(20)9-5-13/h2-9,11H,10H2,1H3. The van der Waals surface area contributed by atoms with Gasteiger partial charge in [-0.1, -0.05) is 64.9 Å². The van der Waals surface area contributed by atoms with Crippen LogP contribution >= 0.6 is 22.9 Å². The lowest BCUT2D eigenvalue weighted by Crippen LogP contribution is -1.96. The third-order valence-electron chi connectivity index (χ3n) is 3.99. The fraction of sp³-hybridized carbons (Fsp3) is 0.105. The van der Waals surface area contributed by atoms with Gasteiger partial charge >= 0.3 is 0 Å². The Morgan fingerprint density at radius 2 is 1.84 bits per heavy atom. The number of halogens is 1. The first-order chi connectivity index (χ1) is 12.1. The van der Waals surface area contributed by atoms with E-state index >= 15 is 0 Å². The number of aromatic nitrogens is 3. The van der Waals surface area contributed by atoms with Crippen molar-refractivity contribution in [3.05, 3.63) is 75.4 Å². The van der Waals surface area contributed by atoms with E-state index in [0.29, 0.717) is 22.8 Å². The Balaban J connectivity index is 1.72. The second kappa shape index (κ2) is 6.43. The fourth-order valence-corrected chi connectivity index (χ4v) is 3.74. The van der Waals surface area contributed by atoms with Crippen LogP contribution in [0.1, 0.15) is 26.6 Å². The van der Waals surface area contributed by atoms with Gasteiger partial charge in [-0.3, -0.25) is 4.79 Å². The Labute approximate surface area is 153 Å². The number of carbonyl (C=O) groups excluding carboxylic acids is 1. The normalized spacial score (nSPS) is 11.1. The zero-order valence-corrected chi connectivity index (χ0v) is 15.0. The largest absolute Gasteiger partial charge is 0.296 e. The lowest BCUT2D eigenvalue weighted by Gasteiger charge is -2.00. The van der Waals surface area contributed by atoms with Crippen LogP contribution in [-0.2, 0) is 6.42 Å². The van der Waals surface area contributed by atoms with Crippen LogP contribution in [0.15, 0.2) is 48.5 Å². The Morgan fingerprint density at radius 3 is 2.52 bits per heavy atom. The molecule has 0 bridgehead atoms. The summed E-state index contributed by atoms with van der Waals surface area (Å²) in [7, 11) is 0. The van der Waals surface area contributed by atoms with Gasteiger partial charge in [0.2, 0.25) is 4.96 Å². The van der Waals surface area contributed by atoms with Crippen molar-refractivity contribution >= 4 is 34.2 Å². The Kier molecular flexibility index (Phi) is 4.11. The van der Waals surface area contributed by atoms with Crippen molar-refractivity contribution in [3.8, 4) is 11.3 Å². The van der Waals surface area contributed by atoms with E-state index in [0.717, 1.165) is 27.4 Å². The predicted octanol–water partition coefficient (Wildman–Crippen LogP) is 4.82. The van der Waals surface area contributed by atoms with E-state index in [1.165, 1.54) is 16.9 Å². The molecule has 0 saturated carbocycles. The van der Waals surface area contributed by atoms with Crippen molar-refractivity contribution in [2.24, 2.45) is 0 Å². The lowest BCUT2D eigenvalue weighted by molar-refractivity contribution is 0.111. The average molecular weight is 368 g/mol. The molecule has 4 aromatic rings. The molecule has 0 atom stereocenters. The molecular weight excluding hydrogens is 354 g/mol. The van der Waals surface area contributed by atoms with E-state index in [1.807, 2.05) is 55.5 Å². The molecule has 0 amide bonds. The summed E-state index contributed by atoms with van der Waals surface area (Å²) in [6, 6.07) is 15.7. The summed E-state index contributed by atoms with van der Waals surface area (Å²) in [4.78, 5) is 17.0. The number of benzene rings is 2. The second-order valence-corrected chi connectivity index (χ2v) is 7.30. The summed E-state index contributed by atoms with van der Waals surface area (Å²) in [6.45, 7) is 2.03. The second-order valence-electron chi connectivity index (χ2n) is 5.82. The number of nitrogens with zero attached hydrogens (tertiary/aromatic N) is 3. The summed E-state index contributed by atoms with van der Waals surface area (Å²) in [6.07, 6.45) is 1.50. The molecule has 124 valence electrons. The number of aldehydes is 1. The van der Waals surface area contributed by atoms with Crippen molar-refractivity contribution in [2.75, 3.05) is 0 Å². The van der Waals surface area contributed by atoms with E-state index in [-0.39, 0.29) is 0 Å². The minimum atomic E-state index is 0.484.